The lowest BCUT2D eigenvalue weighted by atomic mass is 10.4. The first-order valence-electron chi connectivity index (χ1n) is 7.96. The van der Waals surface area contributed by atoms with Gasteiger partial charge in [0.1, 0.15) is 0 Å². The zero-order chi connectivity index (χ0) is 17.8. The Labute approximate surface area is 145 Å². The number of rotatable bonds is 4. The van der Waals surface area contributed by atoms with Crippen LogP contribution >= 0.6 is 0 Å². The molecule has 0 radical (unpaired) electrons. The van der Waals surface area contributed by atoms with Crippen LogP contribution in [0.25, 0.3) is 16.0 Å². The molecule has 0 spiro atoms. The van der Waals surface area contributed by atoms with Crippen LogP contribution in [0.2, 0.25) is 0 Å². The Hall–Kier alpha value is -3.04. The third kappa shape index (κ3) is 3.14. The summed E-state index contributed by atoms with van der Waals surface area (Å²) in [6.07, 6.45) is 0. The van der Waals surface area contributed by atoms with Crippen LogP contribution in [0.15, 0.2) is 4.79 Å². The molecule has 3 rings (SSSR count). The summed E-state index contributed by atoms with van der Waals surface area (Å²) in [4.78, 5) is 27.0. The molecular formula is C16H19N7O2. The van der Waals surface area contributed by atoms with Crippen molar-refractivity contribution in [3.05, 3.63) is 21.8 Å². The molecule has 9 heteroatoms. The average molecular weight is 341 g/mol. The second kappa shape index (κ2) is 7.24. The van der Waals surface area contributed by atoms with Crippen LogP contribution in [0.1, 0.15) is 6.92 Å². The molecule has 9 nitrogen and oxygen atoms in total. The van der Waals surface area contributed by atoms with E-state index in [2.05, 4.69) is 36.9 Å². The highest BCUT2D eigenvalue weighted by Gasteiger charge is 2.23. The number of fused-ring (bicyclic) bond motifs is 1. The van der Waals surface area contributed by atoms with Crippen molar-refractivity contribution in [3.63, 3.8) is 0 Å². The van der Waals surface area contributed by atoms with Gasteiger partial charge in [-0.2, -0.15) is 9.97 Å². The van der Waals surface area contributed by atoms with Crippen molar-refractivity contribution >= 4 is 17.1 Å². The Balaban J connectivity index is 2.18. The first-order valence-corrected chi connectivity index (χ1v) is 7.96. The SMILES string of the molecule is [C-]#[N+]COc1nc2nc(N3CCNCC3)n(CC#CC)c2c(=O)n1C. The molecule has 0 saturated carbocycles. The summed E-state index contributed by atoms with van der Waals surface area (Å²) in [6.45, 7) is 12.1. The highest BCUT2D eigenvalue weighted by atomic mass is 16.5. The second-order valence-corrected chi connectivity index (χ2v) is 5.52. The Kier molecular flexibility index (Phi) is 4.87. The van der Waals surface area contributed by atoms with Crippen LogP contribution in [0.5, 0.6) is 6.01 Å². The number of piperazine rings is 1. The van der Waals surface area contributed by atoms with Gasteiger partial charge in [-0.1, -0.05) is 5.92 Å². The number of hydrogen-bond donors (Lipinski definition) is 1. The topological polar surface area (TPSA) is 81.6 Å². The van der Waals surface area contributed by atoms with Crippen LogP contribution < -0.4 is 20.5 Å². The monoisotopic (exact) mass is 341 g/mol. The summed E-state index contributed by atoms with van der Waals surface area (Å²) >= 11 is 0. The number of hydrogen-bond acceptors (Lipinski definition) is 6. The minimum Gasteiger partial charge on any atom is -0.392 e. The lowest BCUT2D eigenvalue weighted by Crippen LogP contribution is -2.44. The summed E-state index contributed by atoms with van der Waals surface area (Å²) < 4.78 is 8.36. The van der Waals surface area contributed by atoms with Crippen LogP contribution in [0.4, 0.5) is 5.95 Å². The molecule has 1 saturated heterocycles. The average Bonchev–Trinajstić information content (AvgIpc) is 3.01. The largest absolute Gasteiger partial charge is 0.392 e. The molecule has 0 aromatic carbocycles. The van der Waals surface area contributed by atoms with Gasteiger partial charge in [0.2, 0.25) is 5.95 Å². The fourth-order valence-electron chi connectivity index (χ4n) is 2.76. The van der Waals surface area contributed by atoms with E-state index in [1.165, 1.54) is 4.57 Å². The minimum atomic E-state index is -0.267. The standard InChI is InChI=1S/C16H19N7O2/c1-4-5-8-23-12-13(19-15(23)22-9-6-18-7-10-22)20-16(25-11-17-2)21(3)14(12)24/h18H,6-11H2,1,3H3. The summed E-state index contributed by atoms with van der Waals surface area (Å²) in [6, 6.07) is 0.0894. The van der Waals surface area contributed by atoms with E-state index in [0.29, 0.717) is 23.7 Å². The van der Waals surface area contributed by atoms with Gasteiger partial charge >= 0.3 is 12.7 Å². The van der Waals surface area contributed by atoms with Crippen molar-refractivity contribution < 1.29 is 4.74 Å². The summed E-state index contributed by atoms with van der Waals surface area (Å²) in [5, 5.41) is 3.30. The van der Waals surface area contributed by atoms with Crippen LogP contribution in [-0.4, -0.2) is 52.0 Å². The molecule has 0 aliphatic carbocycles. The van der Waals surface area contributed by atoms with Crippen molar-refractivity contribution in [1.29, 1.82) is 0 Å². The molecule has 0 atom stereocenters. The number of imidazole rings is 1. The van der Waals surface area contributed by atoms with Gasteiger partial charge in [0.25, 0.3) is 5.56 Å². The molecular weight excluding hydrogens is 322 g/mol. The minimum absolute atomic E-state index is 0.0894. The first kappa shape index (κ1) is 16.8. The highest BCUT2D eigenvalue weighted by molar-refractivity contribution is 5.74. The van der Waals surface area contributed by atoms with Crippen LogP contribution in [0, 0.1) is 18.4 Å². The third-order valence-electron chi connectivity index (χ3n) is 4.00. The first-order chi connectivity index (χ1) is 12.2. The van der Waals surface area contributed by atoms with Gasteiger partial charge in [0.15, 0.2) is 11.2 Å². The maximum absolute atomic E-state index is 12.8. The fourth-order valence-corrected chi connectivity index (χ4v) is 2.76. The number of nitrogens with zero attached hydrogens (tertiary/aromatic N) is 6. The Morgan fingerprint density at radius 2 is 2.12 bits per heavy atom. The molecule has 0 unspecified atom stereocenters. The molecule has 1 aliphatic rings. The molecule has 3 heterocycles. The van der Waals surface area contributed by atoms with Crippen molar-refractivity contribution in [1.82, 2.24) is 24.4 Å². The quantitative estimate of drug-likeness (QED) is 0.614. The molecule has 1 aliphatic heterocycles. The van der Waals surface area contributed by atoms with Gasteiger partial charge in [-0.3, -0.25) is 18.8 Å². The van der Waals surface area contributed by atoms with E-state index in [9.17, 15) is 4.79 Å². The van der Waals surface area contributed by atoms with E-state index < -0.39 is 0 Å². The molecule has 0 bridgehead atoms. The number of ether oxygens (including phenoxy) is 1. The summed E-state index contributed by atoms with van der Waals surface area (Å²) in [7, 11) is 1.57. The van der Waals surface area contributed by atoms with Gasteiger partial charge in [0, 0.05) is 33.2 Å². The van der Waals surface area contributed by atoms with Gasteiger partial charge < -0.3 is 15.0 Å². The fraction of sp³-hybridized carbons (Fsp3) is 0.500. The maximum atomic E-state index is 12.8. The predicted molar refractivity (Wildman–Crippen MR) is 93.4 cm³/mol. The van der Waals surface area contributed by atoms with Gasteiger partial charge in [0.05, 0.1) is 6.54 Å². The third-order valence-corrected chi connectivity index (χ3v) is 4.00. The summed E-state index contributed by atoms with van der Waals surface area (Å²) in [5.41, 5.74) is 0.445. The Morgan fingerprint density at radius 3 is 2.80 bits per heavy atom. The highest BCUT2D eigenvalue weighted by Crippen LogP contribution is 2.21. The van der Waals surface area contributed by atoms with Crippen LogP contribution in [-0.2, 0) is 13.6 Å². The number of nitrogens with one attached hydrogen (secondary N) is 1. The maximum Gasteiger partial charge on any atom is 0.359 e. The van der Waals surface area contributed by atoms with Gasteiger partial charge in [-0.05, 0) is 6.92 Å². The van der Waals surface area contributed by atoms with E-state index in [-0.39, 0.29) is 18.3 Å². The summed E-state index contributed by atoms with van der Waals surface area (Å²) in [5.74, 6) is 6.55. The smallest absolute Gasteiger partial charge is 0.359 e. The van der Waals surface area contributed by atoms with E-state index >= 15 is 0 Å². The lowest BCUT2D eigenvalue weighted by Gasteiger charge is -2.28. The molecule has 25 heavy (non-hydrogen) atoms. The van der Waals surface area contributed by atoms with Gasteiger partial charge in [-0.15, -0.1) is 5.92 Å². The molecule has 0 amide bonds. The van der Waals surface area contributed by atoms with Crippen molar-refractivity contribution in [3.8, 4) is 17.9 Å². The number of anilines is 1. The normalized spacial score (nSPS) is 14.0. The van der Waals surface area contributed by atoms with Crippen LogP contribution in [0.3, 0.4) is 0 Å². The zero-order valence-corrected chi connectivity index (χ0v) is 14.2. The lowest BCUT2D eigenvalue weighted by molar-refractivity contribution is 0.314. The molecule has 1 fully saturated rings. The van der Waals surface area contributed by atoms with Crippen molar-refractivity contribution in [2.24, 2.45) is 7.05 Å². The van der Waals surface area contributed by atoms with E-state index in [1.807, 2.05) is 4.57 Å². The van der Waals surface area contributed by atoms with Crippen molar-refractivity contribution in [2.75, 3.05) is 37.8 Å². The van der Waals surface area contributed by atoms with E-state index in [0.717, 1.165) is 26.2 Å². The van der Waals surface area contributed by atoms with E-state index in [1.54, 1.807) is 14.0 Å². The molecule has 2 aromatic rings. The molecule has 2 aromatic heterocycles. The molecule has 130 valence electrons. The van der Waals surface area contributed by atoms with Crippen molar-refractivity contribution in [2.45, 2.75) is 13.5 Å². The van der Waals surface area contributed by atoms with E-state index in [4.69, 9.17) is 11.3 Å². The predicted octanol–water partition coefficient (Wildman–Crippen LogP) is -0.182. The molecule has 1 N–H and O–H groups in total. The number of aromatic nitrogens is 4. The van der Waals surface area contributed by atoms with Gasteiger partial charge in [-0.25, -0.2) is 6.57 Å². The second-order valence-electron chi connectivity index (χ2n) is 5.52. The Morgan fingerprint density at radius 1 is 1.36 bits per heavy atom. The zero-order valence-electron chi connectivity index (χ0n) is 14.2. The Bertz CT molecular complexity index is 936.